The van der Waals surface area contributed by atoms with Crippen LogP contribution in [0.3, 0.4) is 0 Å². The maximum absolute atomic E-state index is 5.87. The van der Waals surface area contributed by atoms with Gasteiger partial charge in [0.25, 0.3) is 0 Å². The fourth-order valence-corrected chi connectivity index (χ4v) is 3.23. The van der Waals surface area contributed by atoms with Gasteiger partial charge < -0.3 is 0 Å². The van der Waals surface area contributed by atoms with Gasteiger partial charge in [-0.05, 0) is 12.0 Å². The molecular formula is C10H10ClNS2. The Kier molecular flexibility index (Phi) is 2.91. The molecule has 0 aromatic carbocycles. The van der Waals surface area contributed by atoms with Crippen LogP contribution >= 0.6 is 34.3 Å². The largest absolute Gasteiger partial charge is 0.240 e. The van der Waals surface area contributed by atoms with E-state index in [1.807, 2.05) is 11.4 Å². The molecule has 0 radical (unpaired) electrons. The van der Waals surface area contributed by atoms with Crippen molar-refractivity contribution in [3.63, 3.8) is 0 Å². The average molecular weight is 244 g/mol. The van der Waals surface area contributed by atoms with Crippen molar-refractivity contribution < 1.29 is 0 Å². The van der Waals surface area contributed by atoms with Crippen molar-refractivity contribution in [1.29, 1.82) is 0 Å². The summed E-state index contributed by atoms with van der Waals surface area (Å²) in [5, 5.41) is 5.93. The number of nitrogens with zero attached hydrogens (tertiary/aromatic N) is 1. The van der Waals surface area contributed by atoms with E-state index in [1.54, 1.807) is 22.7 Å². The number of halogens is 1. The van der Waals surface area contributed by atoms with E-state index in [9.17, 15) is 0 Å². The van der Waals surface area contributed by atoms with E-state index in [2.05, 4.69) is 24.2 Å². The smallest absolute Gasteiger partial charge is 0.133 e. The molecule has 1 nitrogen and oxygen atoms in total. The second kappa shape index (κ2) is 4.01. The van der Waals surface area contributed by atoms with E-state index in [1.165, 1.54) is 0 Å². The Labute approximate surface area is 96.4 Å². The van der Waals surface area contributed by atoms with E-state index in [0.29, 0.717) is 5.92 Å². The average Bonchev–Trinajstić information content (AvgIpc) is 2.70. The zero-order valence-corrected chi connectivity index (χ0v) is 10.3. The number of hydrogen-bond donors (Lipinski definition) is 0. The minimum atomic E-state index is 0.496. The Morgan fingerprint density at radius 1 is 1.29 bits per heavy atom. The summed E-state index contributed by atoms with van der Waals surface area (Å²) < 4.78 is 0. The Balaban J connectivity index is 2.33. The molecule has 0 aliphatic heterocycles. The lowest BCUT2D eigenvalue weighted by molar-refractivity contribution is 0.834. The summed E-state index contributed by atoms with van der Waals surface area (Å²) in [5.74, 6) is 0.496. The van der Waals surface area contributed by atoms with E-state index in [4.69, 9.17) is 11.6 Å². The third-order valence-electron chi connectivity index (χ3n) is 1.89. The molecule has 14 heavy (non-hydrogen) atoms. The molecule has 74 valence electrons. The molecule has 2 aromatic rings. The predicted molar refractivity (Wildman–Crippen MR) is 64.5 cm³/mol. The maximum Gasteiger partial charge on any atom is 0.133 e. The number of hydrogen-bond acceptors (Lipinski definition) is 3. The van der Waals surface area contributed by atoms with Crippen molar-refractivity contribution in [3.05, 3.63) is 27.5 Å². The number of thiazole rings is 1. The van der Waals surface area contributed by atoms with E-state index >= 15 is 0 Å². The topological polar surface area (TPSA) is 12.9 Å². The predicted octanol–water partition coefficient (Wildman–Crippen LogP) is 4.65. The van der Waals surface area contributed by atoms with Gasteiger partial charge in [-0.15, -0.1) is 22.7 Å². The summed E-state index contributed by atoms with van der Waals surface area (Å²) in [6, 6.07) is 1.97. The monoisotopic (exact) mass is 243 g/mol. The lowest BCUT2D eigenvalue weighted by atomic mass is 10.2. The van der Waals surface area contributed by atoms with Crippen LogP contribution in [0.25, 0.3) is 9.88 Å². The van der Waals surface area contributed by atoms with Gasteiger partial charge in [-0.1, -0.05) is 25.4 Å². The molecule has 0 amide bonds. The molecule has 2 rings (SSSR count). The van der Waals surface area contributed by atoms with Crippen molar-refractivity contribution >= 4 is 34.3 Å². The van der Waals surface area contributed by atoms with Gasteiger partial charge in [0.2, 0.25) is 0 Å². The molecule has 2 heterocycles. The number of thiophene rings is 1. The van der Waals surface area contributed by atoms with Gasteiger partial charge in [0.15, 0.2) is 0 Å². The van der Waals surface area contributed by atoms with Crippen molar-refractivity contribution in [2.24, 2.45) is 0 Å². The third-order valence-corrected chi connectivity index (χ3v) is 4.20. The van der Waals surface area contributed by atoms with Crippen molar-refractivity contribution in [2.75, 3.05) is 0 Å². The van der Waals surface area contributed by atoms with Gasteiger partial charge in [-0.2, -0.15) is 0 Å². The summed E-state index contributed by atoms with van der Waals surface area (Å²) in [7, 11) is 0. The highest BCUT2D eigenvalue weighted by Crippen LogP contribution is 2.32. The molecule has 0 N–H and O–H groups in total. The molecule has 4 heteroatoms. The number of aromatic nitrogens is 1. The second-order valence-electron chi connectivity index (χ2n) is 3.36. The van der Waals surface area contributed by atoms with Gasteiger partial charge in [0, 0.05) is 10.8 Å². The van der Waals surface area contributed by atoms with Crippen molar-refractivity contribution in [3.8, 4) is 9.88 Å². The molecule has 0 unspecified atom stereocenters. The Morgan fingerprint density at radius 2 is 2.07 bits per heavy atom. The van der Waals surface area contributed by atoms with Crippen LogP contribution in [-0.4, -0.2) is 4.98 Å². The summed E-state index contributed by atoms with van der Waals surface area (Å²) in [6.45, 7) is 4.31. The second-order valence-corrected chi connectivity index (χ2v) is 5.57. The molecule has 0 atom stereocenters. The van der Waals surface area contributed by atoms with E-state index in [-0.39, 0.29) is 0 Å². The molecule has 0 spiro atoms. The summed E-state index contributed by atoms with van der Waals surface area (Å²) in [6.07, 6.45) is 0. The van der Waals surface area contributed by atoms with Crippen LogP contribution in [0, 0.1) is 0 Å². The molecule has 0 bridgehead atoms. The van der Waals surface area contributed by atoms with Crippen LogP contribution < -0.4 is 0 Å². The van der Waals surface area contributed by atoms with Gasteiger partial charge in [-0.3, -0.25) is 0 Å². The van der Waals surface area contributed by atoms with Crippen molar-refractivity contribution in [1.82, 2.24) is 4.98 Å². The molecule has 0 aliphatic carbocycles. The first kappa shape index (κ1) is 10.1. The summed E-state index contributed by atoms with van der Waals surface area (Å²) in [5.41, 5.74) is 1.16. The summed E-state index contributed by atoms with van der Waals surface area (Å²) in [4.78, 5) is 5.72. The van der Waals surface area contributed by atoms with E-state index < -0.39 is 0 Å². The SMILES string of the molecule is CC(C)c1csc(-c2cc(Cl)cs2)n1. The molecule has 0 aliphatic rings. The number of rotatable bonds is 2. The quantitative estimate of drug-likeness (QED) is 0.748. The summed E-state index contributed by atoms with van der Waals surface area (Å²) >= 11 is 9.20. The molecule has 0 saturated carbocycles. The van der Waals surface area contributed by atoms with Crippen LogP contribution in [-0.2, 0) is 0 Å². The highest BCUT2D eigenvalue weighted by atomic mass is 35.5. The first-order valence-electron chi connectivity index (χ1n) is 4.36. The highest BCUT2D eigenvalue weighted by Gasteiger charge is 2.08. The first-order chi connectivity index (χ1) is 6.66. The Hall–Kier alpha value is -0.380. The lowest BCUT2D eigenvalue weighted by Crippen LogP contribution is -1.85. The molecule has 0 saturated heterocycles. The van der Waals surface area contributed by atoms with Crippen LogP contribution in [0.15, 0.2) is 16.8 Å². The fourth-order valence-electron chi connectivity index (χ4n) is 1.09. The van der Waals surface area contributed by atoms with Gasteiger partial charge in [-0.25, -0.2) is 4.98 Å². The molecule has 2 aromatic heterocycles. The zero-order valence-electron chi connectivity index (χ0n) is 7.95. The Bertz CT molecular complexity index is 431. The third kappa shape index (κ3) is 2.00. The fraction of sp³-hybridized carbons (Fsp3) is 0.300. The van der Waals surface area contributed by atoms with Crippen LogP contribution in [0.1, 0.15) is 25.5 Å². The zero-order chi connectivity index (χ0) is 10.1. The lowest BCUT2D eigenvalue weighted by Gasteiger charge is -1.96. The molecular weight excluding hydrogens is 234 g/mol. The van der Waals surface area contributed by atoms with Gasteiger partial charge in [0.05, 0.1) is 15.6 Å². The highest BCUT2D eigenvalue weighted by molar-refractivity contribution is 7.20. The maximum atomic E-state index is 5.87. The first-order valence-corrected chi connectivity index (χ1v) is 6.50. The molecule has 0 fully saturated rings. The van der Waals surface area contributed by atoms with E-state index in [0.717, 1.165) is 20.6 Å². The van der Waals surface area contributed by atoms with Gasteiger partial charge >= 0.3 is 0 Å². The normalized spacial score (nSPS) is 11.1. The Morgan fingerprint density at radius 3 is 2.57 bits per heavy atom. The minimum Gasteiger partial charge on any atom is -0.240 e. The van der Waals surface area contributed by atoms with Gasteiger partial charge in [0.1, 0.15) is 5.01 Å². The van der Waals surface area contributed by atoms with Crippen LogP contribution in [0.4, 0.5) is 0 Å². The van der Waals surface area contributed by atoms with Crippen LogP contribution in [0.2, 0.25) is 5.02 Å². The van der Waals surface area contributed by atoms with Crippen molar-refractivity contribution in [2.45, 2.75) is 19.8 Å². The minimum absolute atomic E-state index is 0.496. The van der Waals surface area contributed by atoms with Crippen LogP contribution in [0.5, 0.6) is 0 Å². The standard InChI is InChI=1S/C10H10ClNS2/c1-6(2)8-5-14-10(12-8)9-3-7(11)4-13-9/h3-6H,1-2H3.